The highest BCUT2D eigenvalue weighted by Crippen LogP contribution is 2.29. The SMILES string of the molecule is CSN(C[C@@H]1CN(c2ccc(N3CCSCC3)c(F)c2)C(=O)O1)C(N)=O. The lowest BCUT2D eigenvalue weighted by Gasteiger charge is -2.29. The van der Waals surface area contributed by atoms with Gasteiger partial charge in [0.25, 0.3) is 0 Å². The van der Waals surface area contributed by atoms with E-state index in [-0.39, 0.29) is 18.9 Å². The maximum Gasteiger partial charge on any atom is 0.414 e. The fourth-order valence-electron chi connectivity index (χ4n) is 2.99. The number of thioether (sulfide) groups is 1. The van der Waals surface area contributed by atoms with Gasteiger partial charge in [-0.1, -0.05) is 0 Å². The standard InChI is InChI=1S/C16H21FN4O3S2/c1-25-21(15(18)22)10-12-9-20(16(23)24-12)11-2-3-14(13(17)8-11)19-4-6-26-7-5-19/h2-3,8,12H,4-7,9-10H2,1H3,(H2,18,22)/t12-/m0/s1. The summed E-state index contributed by atoms with van der Waals surface area (Å²) in [6.45, 7) is 2.05. The number of carbonyl (C=O) groups is 2. The minimum atomic E-state index is -0.595. The Bertz CT molecular complexity index is 687. The Morgan fingerprint density at radius 1 is 1.46 bits per heavy atom. The second-order valence-electron chi connectivity index (χ2n) is 5.93. The van der Waals surface area contributed by atoms with Crippen molar-refractivity contribution in [3.8, 4) is 0 Å². The Hall–Kier alpha value is -1.81. The van der Waals surface area contributed by atoms with Gasteiger partial charge in [-0.2, -0.15) is 11.8 Å². The van der Waals surface area contributed by atoms with E-state index in [1.165, 1.54) is 27.2 Å². The Kier molecular flexibility index (Phi) is 6.02. The summed E-state index contributed by atoms with van der Waals surface area (Å²) in [7, 11) is 0. The van der Waals surface area contributed by atoms with Crippen LogP contribution in [0.25, 0.3) is 0 Å². The number of cyclic esters (lactones) is 1. The molecular formula is C16H21FN4O3S2. The monoisotopic (exact) mass is 400 g/mol. The molecule has 2 N–H and O–H groups in total. The predicted octanol–water partition coefficient (Wildman–Crippen LogP) is 2.36. The van der Waals surface area contributed by atoms with E-state index in [9.17, 15) is 14.0 Å². The van der Waals surface area contributed by atoms with Crippen molar-refractivity contribution in [1.82, 2.24) is 4.31 Å². The molecule has 3 amide bonds. The molecule has 1 atom stereocenters. The van der Waals surface area contributed by atoms with Crippen LogP contribution in [-0.2, 0) is 4.74 Å². The number of rotatable bonds is 5. The van der Waals surface area contributed by atoms with E-state index in [1.807, 2.05) is 16.7 Å². The van der Waals surface area contributed by atoms with E-state index >= 15 is 0 Å². The molecule has 0 aromatic heterocycles. The molecule has 2 heterocycles. The zero-order valence-corrected chi connectivity index (χ0v) is 16.0. The number of halogens is 1. The zero-order valence-electron chi connectivity index (χ0n) is 14.4. The lowest BCUT2D eigenvalue weighted by Crippen LogP contribution is -2.37. The summed E-state index contributed by atoms with van der Waals surface area (Å²) in [5.41, 5.74) is 6.27. The molecule has 1 aromatic carbocycles. The topological polar surface area (TPSA) is 79.1 Å². The van der Waals surface area contributed by atoms with E-state index in [1.54, 1.807) is 18.4 Å². The molecule has 2 fully saturated rings. The number of hydrogen-bond donors (Lipinski definition) is 1. The van der Waals surface area contributed by atoms with Crippen molar-refractivity contribution in [3.05, 3.63) is 24.0 Å². The minimum Gasteiger partial charge on any atom is -0.442 e. The van der Waals surface area contributed by atoms with E-state index in [0.29, 0.717) is 11.4 Å². The Morgan fingerprint density at radius 3 is 2.81 bits per heavy atom. The van der Waals surface area contributed by atoms with Gasteiger partial charge in [-0.25, -0.2) is 14.0 Å². The van der Waals surface area contributed by atoms with Gasteiger partial charge in [-0.05, 0) is 30.1 Å². The minimum absolute atomic E-state index is 0.185. The smallest absolute Gasteiger partial charge is 0.414 e. The number of nitrogens with two attached hydrogens (primary N) is 1. The molecule has 2 aliphatic rings. The highest BCUT2D eigenvalue weighted by Gasteiger charge is 2.34. The van der Waals surface area contributed by atoms with Crippen LogP contribution >= 0.6 is 23.7 Å². The van der Waals surface area contributed by atoms with Crippen LogP contribution in [0.5, 0.6) is 0 Å². The number of hydrogen-bond acceptors (Lipinski definition) is 6. The van der Waals surface area contributed by atoms with Crippen molar-refractivity contribution in [1.29, 1.82) is 0 Å². The fraction of sp³-hybridized carbons (Fsp3) is 0.500. The van der Waals surface area contributed by atoms with Crippen molar-refractivity contribution in [3.63, 3.8) is 0 Å². The fourth-order valence-corrected chi connectivity index (χ4v) is 4.39. The van der Waals surface area contributed by atoms with Crippen LogP contribution in [0.3, 0.4) is 0 Å². The molecule has 0 bridgehead atoms. The first-order chi connectivity index (χ1) is 12.5. The van der Waals surface area contributed by atoms with E-state index in [0.717, 1.165) is 24.6 Å². The third-order valence-electron chi connectivity index (χ3n) is 4.30. The zero-order chi connectivity index (χ0) is 18.7. The van der Waals surface area contributed by atoms with Crippen LogP contribution in [0.1, 0.15) is 0 Å². The summed E-state index contributed by atoms with van der Waals surface area (Å²) in [6, 6.07) is 4.20. The van der Waals surface area contributed by atoms with Gasteiger partial charge in [0.1, 0.15) is 11.9 Å². The molecule has 2 saturated heterocycles. The molecule has 0 unspecified atom stereocenters. The summed E-state index contributed by atoms with van der Waals surface area (Å²) in [5, 5.41) is 0. The maximum atomic E-state index is 14.6. The number of primary amides is 1. The van der Waals surface area contributed by atoms with Crippen LogP contribution in [0, 0.1) is 5.82 Å². The maximum absolute atomic E-state index is 14.6. The first kappa shape index (κ1) is 19.0. The van der Waals surface area contributed by atoms with Crippen molar-refractivity contribution in [2.75, 3.05) is 53.7 Å². The van der Waals surface area contributed by atoms with Crippen molar-refractivity contribution < 1.29 is 18.7 Å². The quantitative estimate of drug-likeness (QED) is 0.765. The summed E-state index contributed by atoms with van der Waals surface area (Å²) in [6.07, 6.45) is 0.651. The van der Waals surface area contributed by atoms with E-state index in [2.05, 4.69) is 0 Å². The lowest BCUT2D eigenvalue weighted by molar-refractivity contribution is 0.132. The molecule has 1 aromatic rings. The average Bonchev–Trinajstić information content (AvgIpc) is 3.00. The Morgan fingerprint density at radius 2 is 2.19 bits per heavy atom. The van der Waals surface area contributed by atoms with Crippen LogP contribution < -0.4 is 15.5 Å². The van der Waals surface area contributed by atoms with Gasteiger partial charge < -0.3 is 15.4 Å². The third kappa shape index (κ3) is 4.12. The van der Waals surface area contributed by atoms with Crippen molar-refractivity contribution in [2.24, 2.45) is 5.73 Å². The molecule has 7 nitrogen and oxygen atoms in total. The van der Waals surface area contributed by atoms with Crippen LogP contribution in [0.2, 0.25) is 0 Å². The van der Waals surface area contributed by atoms with Crippen molar-refractivity contribution in [2.45, 2.75) is 6.10 Å². The summed E-state index contributed by atoms with van der Waals surface area (Å²) < 4.78 is 21.2. The van der Waals surface area contributed by atoms with Crippen LogP contribution in [0.4, 0.5) is 25.4 Å². The first-order valence-corrected chi connectivity index (χ1v) is 10.5. The number of benzene rings is 1. The molecule has 26 heavy (non-hydrogen) atoms. The van der Waals surface area contributed by atoms with Gasteiger partial charge in [-0.15, -0.1) is 0 Å². The molecule has 0 radical (unpaired) electrons. The highest BCUT2D eigenvalue weighted by atomic mass is 32.2. The van der Waals surface area contributed by atoms with Crippen LogP contribution in [0.15, 0.2) is 18.2 Å². The molecule has 2 aliphatic heterocycles. The number of ether oxygens (including phenoxy) is 1. The number of anilines is 2. The largest absolute Gasteiger partial charge is 0.442 e. The number of carbonyl (C=O) groups excluding carboxylic acids is 2. The molecule has 142 valence electrons. The first-order valence-electron chi connectivity index (χ1n) is 8.21. The van der Waals surface area contributed by atoms with Gasteiger partial charge in [0.15, 0.2) is 0 Å². The van der Waals surface area contributed by atoms with E-state index < -0.39 is 18.2 Å². The number of amides is 3. The second kappa shape index (κ2) is 8.26. The summed E-state index contributed by atoms with van der Waals surface area (Å²) in [4.78, 5) is 26.8. The third-order valence-corrected chi connectivity index (χ3v) is 6.02. The van der Waals surface area contributed by atoms with Gasteiger partial charge >= 0.3 is 12.1 Å². The molecule has 3 rings (SSSR count). The molecule has 0 saturated carbocycles. The van der Waals surface area contributed by atoms with Gasteiger partial charge in [0.2, 0.25) is 0 Å². The second-order valence-corrected chi connectivity index (χ2v) is 7.96. The molecule has 10 heteroatoms. The molecule has 0 aliphatic carbocycles. The Labute approximate surface area is 160 Å². The van der Waals surface area contributed by atoms with Crippen LogP contribution in [-0.4, -0.2) is 66.5 Å². The highest BCUT2D eigenvalue weighted by molar-refractivity contribution is 7.99. The van der Waals surface area contributed by atoms with Gasteiger partial charge in [0, 0.05) is 30.9 Å². The predicted molar refractivity (Wildman–Crippen MR) is 103 cm³/mol. The lowest BCUT2D eigenvalue weighted by atomic mass is 10.2. The van der Waals surface area contributed by atoms with Gasteiger partial charge in [-0.3, -0.25) is 9.21 Å². The normalized spacial score (nSPS) is 20.2. The molecular weight excluding hydrogens is 379 g/mol. The van der Waals surface area contributed by atoms with E-state index in [4.69, 9.17) is 10.5 Å². The van der Waals surface area contributed by atoms with Crippen molar-refractivity contribution >= 4 is 47.2 Å². The number of nitrogens with zero attached hydrogens (tertiary/aromatic N) is 3. The Balaban J connectivity index is 1.69. The summed E-state index contributed by atoms with van der Waals surface area (Å²) in [5.74, 6) is 1.61. The number of urea groups is 1. The molecule has 0 spiro atoms. The average molecular weight is 401 g/mol. The summed E-state index contributed by atoms with van der Waals surface area (Å²) >= 11 is 3.02. The van der Waals surface area contributed by atoms with Gasteiger partial charge in [0.05, 0.1) is 24.5 Å².